The summed E-state index contributed by atoms with van der Waals surface area (Å²) in [6.45, 7) is 10.5. The Hall–Kier alpha value is -3.17. The lowest BCUT2D eigenvalue weighted by Crippen LogP contribution is -2.50. The minimum absolute atomic E-state index is 0.103. The molecule has 3 aliphatic rings. The van der Waals surface area contributed by atoms with Crippen LogP contribution in [0.2, 0.25) is 0 Å². The zero-order valence-corrected chi connectivity index (χ0v) is 19.7. The fraction of sp³-hybridized carbons (Fsp3) is 0.480. The monoisotopic (exact) mass is 464 g/mol. The van der Waals surface area contributed by atoms with Crippen LogP contribution in [-0.2, 0) is 9.47 Å². The van der Waals surface area contributed by atoms with Gasteiger partial charge in [-0.15, -0.1) is 0 Å². The number of hydrogen-bond acceptors (Lipinski definition) is 7. The molecule has 0 radical (unpaired) electrons. The second-order valence-corrected chi connectivity index (χ2v) is 8.92. The van der Waals surface area contributed by atoms with Crippen LogP contribution in [0, 0.1) is 0 Å². The smallest absolute Gasteiger partial charge is 0.410 e. The second kappa shape index (κ2) is 9.99. The molecular weight excluding hydrogens is 432 g/mol. The third kappa shape index (κ3) is 4.58. The van der Waals surface area contributed by atoms with Crippen LogP contribution in [0.4, 0.5) is 4.79 Å². The number of allylic oxidation sites excluding steroid dienone is 1. The van der Waals surface area contributed by atoms with Gasteiger partial charge in [-0.2, -0.15) is 5.10 Å². The Morgan fingerprint density at radius 1 is 1.26 bits per heavy atom. The lowest BCUT2D eigenvalue weighted by atomic mass is 10.1. The summed E-state index contributed by atoms with van der Waals surface area (Å²) < 4.78 is 12.3. The summed E-state index contributed by atoms with van der Waals surface area (Å²) in [5.74, 6) is 0. The average molecular weight is 465 g/mol. The van der Waals surface area contributed by atoms with Gasteiger partial charge in [0.15, 0.2) is 6.10 Å². The molecule has 3 fully saturated rings. The molecule has 5 rings (SSSR count). The summed E-state index contributed by atoms with van der Waals surface area (Å²) in [6.07, 6.45) is 8.04. The fourth-order valence-electron chi connectivity index (χ4n) is 4.77. The van der Waals surface area contributed by atoms with Crippen LogP contribution in [0.25, 0.3) is 17.0 Å². The van der Waals surface area contributed by atoms with E-state index in [1.165, 1.54) is 12.0 Å². The molecule has 0 aromatic carbocycles. The van der Waals surface area contributed by atoms with Crippen molar-refractivity contribution in [2.75, 3.05) is 45.9 Å². The van der Waals surface area contributed by atoms with Crippen LogP contribution in [0.5, 0.6) is 0 Å². The first-order chi connectivity index (χ1) is 16.7. The first-order valence-corrected chi connectivity index (χ1v) is 12.0. The number of ether oxygens (including phenoxy) is 2. The van der Waals surface area contributed by atoms with Gasteiger partial charge in [-0.3, -0.25) is 4.98 Å². The van der Waals surface area contributed by atoms with Gasteiger partial charge in [0.25, 0.3) is 0 Å². The number of carbonyl (C=O) groups excluding carboxylic acids is 1. The van der Waals surface area contributed by atoms with Gasteiger partial charge in [-0.25, -0.2) is 9.47 Å². The Morgan fingerprint density at radius 3 is 2.65 bits per heavy atom. The van der Waals surface area contributed by atoms with Crippen molar-refractivity contribution in [1.29, 1.82) is 0 Å². The van der Waals surface area contributed by atoms with Crippen LogP contribution in [-0.4, -0.2) is 84.3 Å². The molecule has 5 heterocycles. The van der Waals surface area contributed by atoms with Gasteiger partial charge in [0, 0.05) is 56.9 Å². The summed E-state index contributed by atoms with van der Waals surface area (Å²) >= 11 is 0. The topological polar surface area (TPSA) is 84.2 Å². The predicted octanol–water partition coefficient (Wildman–Crippen LogP) is 2.95. The Balaban J connectivity index is 1.28. The highest BCUT2D eigenvalue weighted by Crippen LogP contribution is 2.29. The number of pyridine rings is 1. The average Bonchev–Trinajstić information content (AvgIpc) is 3.53. The van der Waals surface area contributed by atoms with Gasteiger partial charge in [0.1, 0.15) is 0 Å². The molecule has 180 valence electrons. The SMILES string of the molecule is C=Nn1cc(-c2ccc([C@H]3CCCN3)cn2)cc1/C(=C\C)N1CCN(C(=O)OC2COC2)CC1. The van der Waals surface area contributed by atoms with E-state index in [1.54, 1.807) is 9.58 Å². The van der Waals surface area contributed by atoms with Crippen molar-refractivity contribution in [3.63, 3.8) is 0 Å². The molecule has 1 N–H and O–H groups in total. The largest absolute Gasteiger partial charge is 0.441 e. The Morgan fingerprint density at radius 2 is 2.06 bits per heavy atom. The first-order valence-electron chi connectivity index (χ1n) is 12.0. The zero-order valence-electron chi connectivity index (χ0n) is 19.7. The molecule has 3 aliphatic heterocycles. The highest BCUT2D eigenvalue weighted by molar-refractivity contribution is 5.71. The van der Waals surface area contributed by atoms with Crippen LogP contribution < -0.4 is 5.32 Å². The number of nitrogens with one attached hydrogen (secondary N) is 1. The Bertz CT molecular complexity index is 1050. The molecule has 0 saturated carbocycles. The summed E-state index contributed by atoms with van der Waals surface area (Å²) in [6, 6.07) is 6.75. The number of piperazine rings is 1. The molecule has 0 unspecified atom stereocenters. The molecule has 2 aromatic rings. The molecule has 3 saturated heterocycles. The normalized spacial score (nSPS) is 21.4. The van der Waals surface area contributed by atoms with E-state index in [2.05, 4.69) is 46.3 Å². The molecule has 0 aliphatic carbocycles. The third-order valence-electron chi connectivity index (χ3n) is 6.79. The van der Waals surface area contributed by atoms with Crippen molar-refractivity contribution in [1.82, 2.24) is 24.8 Å². The summed E-state index contributed by atoms with van der Waals surface area (Å²) in [7, 11) is 0. The molecule has 0 spiro atoms. The maximum atomic E-state index is 12.4. The van der Waals surface area contributed by atoms with E-state index in [-0.39, 0.29) is 12.2 Å². The highest BCUT2D eigenvalue weighted by atomic mass is 16.6. The standard InChI is InChI=1S/C25H32N6O3/c1-3-23(29-9-11-30(12-10-29)25(32)34-20-16-33-17-20)24-13-19(15-31(24)26-2)22-7-6-18(14-28-22)21-5-4-8-27-21/h3,6-7,13-15,20-21,27H,2,4-5,8-12,16-17H2,1H3/b23-3+/t21-/m1/s1. The van der Waals surface area contributed by atoms with Gasteiger partial charge in [-0.1, -0.05) is 12.1 Å². The van der Waals surface area contributed by atoms with Crippen LogP contribution in [0.1, 0.15) is 37.1 Å². The summed E-state index contributed by atoms with van der Waals surface area (Å²) in [4.78, 5) is 21.1. The van der Waals surface area contributed by atoms with E-state index in [0.29, 0.717) is 32.3 Å². The molecule has 0 bridgehead atoms. The van der Waals surface area contributed by atoms with Crippen molar-refractivity contribution >= 4 is 18.5 Å². The maximum Gasteiger partial charge on any atom is 0.410 e. The first kappa shape index (κ1) is 22.6. The number of amides is 1. The Labute approximate surface area is 200 Å². The number of hydrogen-bond donors (Lipinski definition) is 1. The van der Waals surface area contributed by atoms with Crippen molar-refractivity contribution in [2.45, 2.75) is 31.9 Å². The molecule has 1 amide bonds. The lowest BCUT2D eigenvalue weighted by Gasteiger charge is -2.38. The van der Waals surface area contributed by atoms with Crippen LogP contribution in [0.15, 0.2) is 41.8 Å². The molecule has 9 nitrogen and oxygen atoms in total. The van der Waals surface area contributed by atoms with E-state index in [9.17, 15) is 4.79 Å². The zero-order chi connectivity index (χ0) is 23.5. The number of aromatic nitrogens is 2. The van der Waals surface area contributed by atoms with Gasteiger partial charge in [0.2, 0.25) is 0 Å². The van der Waals surface area contributed by atoms with Crippen molar-refractivity contribution in [2.24, 2.45) is 5.10 Å². The third-order valence-corrected chi connectivity index (χ3v) is 6.79. The predicted molar refractivity (Wildman–Crippen MR) is 130 cm³/mol. The minimum atomic E-state index is -0.254. The fourth-order valence-corrected chi connectivity index (χ4v) is 4.77. The molecule has 2 aromatic heterocycles. The number of rotatable bonds is 6. The number of nitrogens with zero attached hydrogens (tertiary/aromatic N) is 5. The van der Waals surface area contributed by atoms with Crippen molar-refractivity contribution < 1.29 is 14.3 Å². The molecule has 9 heteroatoms. The van der Waals surface area contributed by atoms with E-state index in [4.69, 9.17) is 14.5 Å². The Kier molecular flexibility index (Phi) is 6.64. The maximum absolute atomic E-state index is 12.4. The van der Waals surface area contributed by atoms with Crippen molar-refractivity contribution in [3.8, 4) is 11.3 Å². The van der Waals surface area contributed by atoms with E-state index in [0.717, 1.165) is 48.7 Å². The quantitative estimate of drug-likeness (QED) is 0.662. The van der Waals surface area contributed by atoms with E-state index >= 15 is 0 Å². The minimum Gasteiger partial charge on any atom is -0.441 e. The molecular formula is C25H32N6O3. The molecule has 1 atom stereocenters. The van der Waals surface area contributed by atoms with E-state index in [1.807, 2.05) is 19.3 Å². The van der Waals surface area contributed by atoms with Crippen LogP contribution >= 0.6 is 0 Å². The van der Waals surface area contributed by atoms with Crippen LogP contribution in [0.3, 0.4) is 0 Å². The highest BCUT2D eigenvalue weighted by Gasteiger charge is 2.29. The lowest BCUT2D eigenvalue weighted by molar-refractivity contribution is -0.105. The van der Waals surface area contributed by atoms with Gasteiger partial charge < -0.3 is 24.6 Å². The van der Waals surface area contributed by atoms with Crippen molar-refractivity contribution in [3.05, 3.63) is 47.9 Å². The second-order valence-electron chi connectivity index (χ2n) is 8.92. The summed E-state index contributed by atoms with van der Waals surface area (Å²) in [5.41, 5.74) is 5.16. The summed E-state index contributed by atoms with van der Waals surface area (Å²) in [5, 5.41) is 7.74. The van der Waals surface area contributed by atoms with Gasteiger partial charge in [-0.05, 0) is 44.0 Å². The van der Waals surface area contributed by atoms with Gasteiger partial charge >= 0.3 is 6.09 Å². The van der Waals surface area contributed by atoms with Gasteiger partial charge in [0.05, 0.1) is 30.3 Å². The van der Waals surface area contributed by atoms with E-state index < -0.39 is 0 Å². The number of carbonyl (C=O) groups is 1. The molecule has 34 heavy (non-hydrogen) atoms.